The van der Waals surface area contributed by atoms with Crippen molar-refractivity contribution >= 4 is 38.3 Å². The smallest absolute Gasteiger partial charge is 0.228 e. The van der Waals surface area contributed by atoms with E-state index in [1.54, 1.807) is 0 Å². The van der Waals surface area contributed by atoms with Crippen LogP contribution in [0.2, 0.25) is 0 Å². The second-order valence-electron chi connectivity index (χ2n) is 6.35. The molecule has 4 nitrogen and oxygen atoms in total. The third kappa shape index (κ3) is 5.50. The lowest BCUT2D eigenvalue weighted by Gasteiger charge is -2.21. The molecule has 0 saturated carbocycles. The molecule has 1 amide bonds. The molecule has 1 aliphatic heterocycles. The fourth-order valence-electron chi connectivity index (χ4n) is 2.98. The molecule has 1 heterocycles. The molecule has 1 fully saturated rings. The molecule has 0 radical (unpaired) electrons. The molecule has 1 unspecified atom stereocenters. The third-order valence-corrected chi connectivity index (χ3v) is 6.98. The van der Waals surface area contributed by atoms with Crippen LogP contribution >= 0.6 is 15.9 Å². The number of halogens is 1. The van der Waals surface area contributed by atoms with Gasteiger partial charge in [-0.15, -0.1) is 0 Å². The monoisotopic (exact) mass is 435 g/mol. The Bertz CT molecular complexity index is 790. The number of carbonyl (C=O) groups is 1. The van der Waals surface area contributed by atoms with E-state index in [1.807, 2.05) is 48.5 Å². The fraction of sp³-hybridized carbons (Fsp3) is 0.350. The standard InChI is InChI=1S/C20H22BrNO3S/c21-19-7-2-1-5-16(19)13-20(23)22-17-6-3-4-15(12-17)14-26(24)18-8-10-25-11-9-18/h1-7,12,18H,8-11,13-14H2,(H,22,23). The minimum atomic E-state index is -0.912. The number of rotatable bonds is 6. The minimum absolute atomic E-state index is 0.0698. The molecule has 0 aromatic heterocycles. The summed E-state index contributed by atoms with van der Waals surface area (Å²) in [5.74, 6) is 0.443. The van der Waals surface area contributed by atoms with Gasteiger partial charge in [-0.3, -0.25) is 9.00 Å². The molecular weight excluding hydrogens is 414 g/mol. The Hall–Kier alpha value is -1.50. The first-order chi connectivity index (χ1) is 12.6. The maximum absolute atomic E-state index is 12.5. The van der Waals surface area contributed by atoms with E-state index in [-0.39, 0.29) is 11.2 Å². The number of hydrogen-bond acceptors (Lipinski definition) is 3. The van der Waals surface area contributed by atoms with E-state index in [0.29, 0.717) is 25.4 Å². The van der Waals surface area contributed by atoms with Crippen LogP contribution in [0, 0.1) is 0 Å². The van der Waals surface area contributed by atoms with Gasteiger partial charge in [-0.05, 0) is 42.2 Å². The highest BCUT2D eigenvalue weighted by Gasteiger charge is 2.20. The molecule has 2 aromatic carbocycles. The molecule has 138 valence electrons. The minimum Gasteiger partial charge on any atom is -0.381 e. The van der Waals surface area contributed by atoms with Crippen LogP contribution in [0.4, 0.5) is 5.69 Å². The summed E-state index contributed by atoms with van der Waals surface area (Å²) in [6.07, 6.45) is 2.02. The van der Waals surface area contributed by atoms with E-state index in [0.717, 1.165) is 34.1 Å². The number of ether oxygens (including phenoxy) is 1. The molecule has 0 spiro atoms. The number of anilines is 1. The summed E-state index contributed by atoms with van der Waals surface area (Å²) in [4.78, 5) is 12.3. The van der Waals surface area contributed by atoms with Crippen LogP contribution in [0.5, 0.6) is 0 Å². The number of carbonyl (C=O) groups excluding carboxylic acids is 1. The molecule has 6 heteroatoms. The molecule has 1 aliphatic rings. The van der Waals surface area contributed by atoms with E-state index >= 15 is 0 Å². The normalized spacial score (nSPS) is 16.2. The highest BCUT2D eigenvalue weighted by Crippen LogP contribution is 2.20. The van der Waals surface area contributed by atoms with Gasteiger partial charge < -0.3 is 10.1 Å². The highest BCUT2D eigenvalue weighted by molar-refractivity contribution is 9.10. The zero-order valence-electron chi connectivity index (χ0n) is 14.4. The number of nitrogens with one attached hydrogen (secondary N) is 1. The van der Waals surface area contributed by atoms with Gasteiger partial charge in [0.05, 0.1) is 6.42 Å². The van der Waals surface area contributed by atoms with Gasteiger partial charge in [0.15, 0.2) is 0 Å². The first kappa shape index (κ1) is 19.3. The Labute approximate surface area is 164 Å². The quantitative estimate of drug-likeness (QED) is 0.743. The Morgan fingerprint density at radius 3 is 2.69 bits per heavy atom. The van der Waals surface area contributed by atoms with Gasteiger partial charge in [0.2, 0.25) is 5.91 Å². The molecule has 0 aliphatic carbocycles. The van der Waals surface area contributed by atoms with Crippen molar-refractivity contribution in [2.45, 2.75) is 30.3 Å². The molecule has 1 saturated heterocycles. The van der Waals surface area contributed by atoms with Gasteiger partial charge in [-0.1, -0.05) is 46.3 Å². The van der Waals surface area contributed by atoms with Crippen molar-refractivity contribution in [2.24, 2.45) is 0 Å². The Morgan fingerprint density at radius 2 is 1.92 bits per heavy atom. The topological polar surface area (TPSA) is 55.4 Å². The SMILES string of the molecule is O=C(Cc1ccccc1Br)Nc1cccc(CS(=O)C2CCOCC2)c1. The second kappa shape index (κ2) is 9.44. The van der Waals surface area contributed by atoms with Gasteiger partial charge in [-0.2, -0.15) is 0 Å². The Kier molecular flexibility index (Phi) is 7.00. The largest absolute Gasteiger partial charge is 0.381 e. The first-order valence-corrected chi connectivity index (χ1v) is 10.9. The average Bonchev–Trinajstić information content (AvgIpc) is 2.64. The molecule has 1 atom stereocenters. The van der Waals surface area contributed by atoms with E-state index < -0.39 is 10.8 Å². The maximum Gasteiger partial charge on any atom is 0.228 e. The van der Waals surface area contributed by atoms with Crippen molar-refractivity contribution in [3.05, 3.63) is 64.1 Å². The highest BCUT2D eigenvalue weighted by atomic mass is 79.9. The molecule has 2 aromatic rings. The lowest BCUT2D eigenvalue weighted by Crippen LogP contribution is -2.25. The van der Waals surface area contributed by atoms with Crippen LogP contribution in [0.15, 0.2) is 53.0 Å². The van der Waals surface area contributed by atoms with Gasteiger partial charge in [0.25, 0.3) is 0 Å². The Balaban J connectivity index is 1.59. The van der Waals surface area contributed by atoms with Crippen molar-refractivity contribution in [3.8, 4) is 0 Å². The summed E-state index contributed by atoms with van der Waals surface area (Å²) in [6, 6.07) is 15.3. The van der Waals surface area contributed by atoms with Crippen LogP contribution in [-0.4, -0.2) is 28.6 Å². The van der Waals surface area contributed by atoms with E-state index in [9.17, 15) is 9.00 Å². The molecule has 0 bridgehead atoms. The van der Waals surface area contributed by atoms with Crippen molar-refractivity contribution < 1.29 is 13.7 Å². The predicted octanol–water partition coefficient (Wildman–Crippen LogP) is 4.06. The van der Waals surface area contributed by atoms with Gasteiger partial charge in [0, 0.05) is 45.2 Å². The Morgan fingerprint density at radius 1 is 1.15 bits per heavy atom. The summed E-state index contributed by atoms with van der Waals surface area (Å²) in [6.45, 7) is 1.39. The number of amides is 1. The average molecular weight is 436 g/mol. The second-order valence-corrected chi connectivity index (χ2v) is 8.92. The van der Waals surface area contributed by atoms with Crippen molar-refractivity contribution in [1.82, 2.24) is 0 Å². The zero-order valence-corrected chi connectivity index (χ0v) is 16.9. The number of hydrogen-bond donors (Lipinski definition) is 1. The van der Waals surface area contributed by atoms with Crippen molar-refractivity contribution in [2.75, 3.05) is 18.5 Å². The van der Waals surface area contributed by atoms with E-state index in [4.69, 9.17) is 4.74 Å². The van der Waals surface area contributed by atoms with Crippen molar-refractivity contribution in [3.63, 3.8) is 0 Å². The summed E-state index contributed by atoms with van der Waals surface area (Å²) < 4.78 is 18.8. The first-order valence-electron chi connectivity index (χ1n) is 8.69. The summed E-state index contributed by atoms with van der Waals surface area (Å²) >= 11 is 3.46. The summed E-state index contributed by atoms with van der Waals surface area (Å²) in [5, 5.41) is 3.14. The summed E-state index contributed by atoms with van der Waals surface area (Å²) in [7, 11) is -0.912. The van der Waals surface area contributed by atoms with Crippen LogP contribution in [0.25, 0.3) is 0 Å². The number of benzene rings is 2. The molecular formula is C20H22BrNO3S. The van der Waals surface area contributed by atoms with Crippen LogP contribution in [0.3, 0.4) is 0 Å². The van der Waals surface area contributed by atoms with Crippen molar-refractivity contribution in [1.29, 1.82) is 0 Å². The summed E-state index contributed by atoms with van der Waals surface area (Å²) in [5.41, 5.74) is 2.67. The van der Waals surface area contributed by atoms with Crippen LogP contribution in [0.1, 0.15) is 24.0 Å². The lowest BCUT2D eigenvalue weighted by molar-refractivity contribution is -0.115. The lowest BCUT2D eigenvalue weighted by atomic mass is 10.1. The van der Waals surface area contributed by atoms with Gasteiger partial charge >= 0.3 is 0 Å². The van der Waals surface area contributed by atoms with E-state index in [2.05, 4.69) is 21.2 Å². The van der Waals surface area contributed by atoms with Crippen LogP contribution < -0.4 is 5.32 Å². The predicted molar refractivity (Wildman–Crippen MR) is 109 cm³/mol. The maximum atomic E-state index is 12.5. The van der Waals surface area contributed by atoms with Gasteiger partial charge in [-0.25, -0.2) is 0 Å². The third-order valence-electron chi connectivity index (χ3n) is 4.37. The van der Waals surface area contributed by atoms with Crippen LogP contribution in [-0.2, 0) is 32.5 Å². The zero-order chi connectivity index (χ0) is 18.4. The fourth-order valence-corrected chi connectivity index (χ4v) is 4.87. The van der Waals surface area contributed by atoms with E-state index in [1.165, 1.54) is 0 Å². The molecule has 1 N–H and O–H groups in total. The van der Waals surface area contributed by atoms with Gasteiger partial charge in [0.1, 0.15) is 0 Å². The molecule has 3 rings (SSSR count). The molecule has 26 heavy (non-hydrogen) atoms.